The molecule has 0 aliphatic heterocycles. The van der Waals surface area contributed by atoms with E-state index in [4.69, 9.17) is 9.84 Å². The SMILES string of the molecule is COc1ccc(/C(=C\C(=O)O)c2ccccc2)cc1. The van der Waals surface area contributed by atoms with Crippen LogP contribution in [0.5, 0.6) is 5.75 Å². The van der Waals surface area contributed by atoms with Crippen molar-refractivity contribution in [2.75, 3.05) is 7.11 Å². The van der Waals surface area contributed by atoms with E-state index in [1.165, 1.54) is 6.08 Å². The van der Waals surface area contributed by atoms with Crippen LogP contribution in [0.15, 0.2) is 60.7 Å². The van der Waals surface area contributed by atoms with E-state index in [-0.39, 0.29) is 0 Å². The molecule has 3 heteroatoms. The lowest BCUT2D eigenvalue weighted by molar-refractivity contribution is -0.131. The van der Waals surface area contributed by atoms with Gasteiger partial charge in [-0.25, -0.2) is 4.79 Å². The second-order valence-corrected chi connectivity index (χ2v) is 3.99. The molecule has 0 aliphatic rings. The molecule has 19 heavy (non-hydrogen) atoms. The Hall–Kier alpha value is -2.55. The first-order valence-corrected chi connectivity index (χ1v) is 5.85. The van der Waals surface area contributed by atoms with E-state index in [2.05, 4.69) is 0 Å². The molecule has 0 saturated carbocycles. The Kier molecular flexibility index (Phi) is 3.98. The van der Waals surface area contributed by atoms with Gasteiger partial charge in [0.05, 0.1) is 7.11 Å². The molecular formula is C16H14O3. The summed E-state index contributed by atoms with van der Waals surface area (Å²) in [5.41, 5.74) is 2.39. The van der Waals surface area contributed by atoms with Crippen molar-refractivity contribution in [1.82, 2.24) is 0 Å². The molecule has 0 heterocycles. The molecule has 0 amide bonds. The summed E-state index contributed by atoms with van der Waals surface area (Å²) in [6.07, 6.45) is 1.22. The summed E-state index contributed by atoms with van der Waals surface area (Å²) in [7, 11) is 1.60. The number of aliphatic carboxylic acids is 1. The third-order valence-corrected chi connectivity index (χ3v) is 2.75. The second kappa shape index (κ2) is 5.87. The minimum Gasteiger partial charge on any atom is -0.497 e. The molecule has 3 nitrogen and oxygen atoms in total. The summed E-state index contributed by atoms with van der Waals surface area (Å²) in [5.74, 6) is -0.221. The van der Waals surface area contributed by atoms with Crippen LogP contribution in [0.1, 0.15) is 11.1 Å². The minimum atomic E-state index is -0.963. The number of benzene rings is 2. The first kappa shape index (κ1) is 12.9. The summed E-state index contributed by atoms with van der Waals surface area (Å²) < 4.78 is 5.10. The predicted molar refractivity (Wildman–Crippen MR) is 74.2 cm³/mol. The van der Waals surface area contributed by atoms with Gasteiger partial charge in [-0.2, -0.15) is 0 Å². The quantitative estimate of drug-likeness (QED) is 0.852. The fraction of sp³-hybridized carbons (Fsp3) is 0.0625. The van der Waals surface area contributed by atoms with Crippen molar-refractivity contribution in [2.45, 2.75) is 0 Å². The molecule has 96 valence electrons. The van der Waals surface area contributed by atoms with Gasteiger partial charge >= 0.3 is 5.97 Å². The molecule has 0 bridgehead atoms. The average molecular weight is 254 g/mol. The highest BCUT2D eigenvalue weighted by Gasteiger charge is 2.07. The number of carboxylic acids is 1. The van der Waals surface area contributed by atoms with Crippen molar-refractivity contribution < 1.29 is 14.6 Å². The molecule has 0 unspecified atom stereocenters. The van der Waals surface area contributed by atoms with Crippen LogP contribution in [0, 0.1) is 0 Å². The lowest BCUT2D eigenvalue weighted by Crippen LogP contribution is -1.95. The average Bonchev–Trinajstić information content (AvgIpc) is 2.46. The van der Waals surface area contributed by atoms with Gasteiger partial charge in [0.1, 0.15) is 5.75 Å². The third kappa shape index (κ3) is 3.22. The molecule has 0 radical (unpaired) electrons. The van der Waals surface area contributed by atoms with Crippen LogP contribution in [-0.4, -0.2) is 18.2 Å². The van der Waals surface area contributed by atoms with Crippen molar-refractivity contribution in [1.29, 1.82) is 0 Å². The van der Waals surface area contributed by atoms with Crippen molar-refractivity contribution in [3.63, 3.8) is 0 Å². The number of carbonyl (C=O) groups is 1. The van der Waals surface area contributed by atoms with E-state index < -0.39 is 5.97 Å². The Morgan fingerprint density at radius 2 is 1.58 bits per heavy atom. The van der Waals surface area contributed by atoms with Crippen LogP contribution >= 0.6 is 0 Å². The Balaban J connectivity index is 2.46. The number of hydrogen-bond acceptors (Lipinski definition) is 2. The fourth-order valence-electron chi connectivity index (χ4n) is 1.85. The maximum Gasteiger partial charge on any atom is 0.328 e. The monoisotopic (exact) mass is 254 g/mol. The molecule has 0 fully saturated rings. The maximum absolute atomic E-state index is 11.0. The largest absolute Gasteiger partial charge is 0.497 e. The van der Waals surface area contributed by atoms with Gasteiger partial charge in [-0.05, 0) is 28.8 Å². The topological polar surface area (TPSA) is 46.5 Å². The van der Waals surface area contributed by atoms with Gasteiger partial charge < -0.3 is 9.84 Å². The van der Waals surface area contributed by atoms with E-state index in [1.807, 2.05) is 54.6 Å². The Morgan fingerprint density at radius 3 is 2.11 bits per heavy atom. The highest BCUT2D eigenvalue weighted by Crippen LogP contribution is 2.25. The summed E-state index contributed by atoms with van der Waals surface area (Å²) in [6, 6.07) is 16.8. The summed E-state index contributed by atoms with van der Waals surface area (Å²) in [4.78, 5) is 11.0. The van der Waals surface area contributed by atoms with Crippen molar-refractivity contribution >= 4 is 11.5 Å². The van der Waals surface area contributed by atoms with Crippen LogP contribution < -0.4 is 4.74 Å². The normalized spacial score (nSPS) is 11.1. The van der Waals surface area contributed by atoms with E-state index in [9.17, 15) is 4.79 Å². The van der Waals surface area contributed by atoms with Crippen LogP contribution in [-0.2, 0) is 4.79 Å². The molecular weight excluding hydrogens is 240 g/mol. The van der Waals surface area contributed by atoms with Gasteiger partial charge in [-0.15, -0.1) is 0 Å². The number of methoxy groups -OCH3 is 1. The van der Waals surface area contributed by atoms with E-state index in [0.29, 0.717) is 5.57 Å². The zero-order valence-electron chi connectivity index (χ0n) is 10.5. The minimum absolute atomic E-state index is 0.677. The van der Waals surface area contributed by atoms with Crippen LogP contribution in [0.4, 0.5) is 0 Å². The molecule has 0 atom stereocenters. The molecule has 0 aromatic heterocycles. The Labute approximate surface area is 111 Å². The van der Waals surface area contributed by atoms with Crippen LogP contribution in [0.25, 0.3) is 5.57 Å². The lowest BCUT2D eigenvalue weighted by Gasteiger charge is -2.08. The molecule has 0 aliphatic carbocycles. The van der Waals surface area contributed by atoms with Gasteiger partial charge in [-0.1, -0.05) is 42.5 Å². The van der Waals surface area contributed by atoms with Crippen molar-refractivity contribution in [3.8, 4) is 5.75 Å². The van der Waals surface area contributed by atoms with Gasteiger partial charge in [0.15, 0.2) is 0 Å². The Morgan fingerprint density at radius 1 is 1.00 bits per heavy atom. The smallest absolute Gasteiger partial charge is 0.328 e. The third-order valence-electron chi connectivity index (χ3n) is 2.75. The zero-order chi connectivity index (χ0) is 13.7. The maximum atomic E-state index is 11.0. The highest BCUT2D eigenvalue weighted by atomic mass is 16.5. The summed E-state index contributed by atoms with van der Waals surface area (Å²) >= 11 is 0. The number of ether oxygens (including phenoxy) is 1. The van der Waals surface area contributed by atoms with Crippen LogP contribution in [0.3, 0.4) is 0 Å². The number of hydrogen-bond donors (Lipinski definition) is 1. The molecule has 1 N–H and O–H groups in total. The van der Waals surface area contributed by atoms with Gasteiger partial charge in [0.2, 0.25) is 0 Å². The lowest BCUT2D eigenvalue weighted by atomic mass is 9.97. The first-order valence-electron chi connectivity index (χ1n) is 5.85. The first-order chi connectivity index (χ1) is 9.20. The van der Waals surface area contributed by atoms with E-state index >= 15 is 0 Å². The summed E-state index contributed by atoms with van der Waals surface area (Å²) in [5, 5.41) is 9.01. The molecule has 0 saturated heterocycles. The number of rotatable bonds is 4. The second-order valence-electron chi connectivity index (χ2n) is 3.99. The molecule has 2 aromatic carbocycles. The van der Waals surface area contributed by atoms with E-state index in [1.54, 1.807) is 7.11 Å². The van der Waals surface area contributed by atoms with E-state index in [0.717, 1.165) is 16.9 Å². The molecule has 2 rings (SSSR count). The van der Waals surface area contributed by atoms with Crippen LogP contribution in [0.2, 0.25) is 0 Å². The standard InChI is InChI=1S/C16H14O3/c1-19-14-9-7-13(8-10-14)15(11-16(17)18)12-5-3-2-4-6-12/h2-11H,1H3,(H,17,18)/b15-11-. The highest BCUT2D eigenvalue weighted by molar-refractivity contribution is 5.95. The van der Waals surface area contributed by atoms with Gasteiger partial charge in [0, 0.05) is 6.08 Å². The summed E-state index contributed by atoms with van der Waals surface area (Å²) in [6.45, 7) is 0. The van der Waals surface area contributed by atoms with Crippen molar-refractivity contribution in [3.05, 3.63) is 71.8 Å². The zero-order valence-corrected chi connectivity index (χ0v) is 10.5. The molecule has 0 spiro atoms. The fourth-order valence-corrected chi connectivity index (χ4v) is 1.85. The Bertz CT molecular complexity index is 583. The molecule has 2 aromatic rings. The van der Waals surface area contributed by atoms with Crippen molar-refractivity contribution in [2.24, 2.45) is 0 Å². The number of carboxylic acid groups (broad SMARTS) is 1. The predicted octanol–water partition coefficient (Wildman–Crippen LogP) is 3.21. The van der Waals surface area contributed by atoms with Gasteiger partial charge in [-0.3, -0.25) is 0 Å². The van der Waals surface area contributed by atoms with Gasteiger partial charge in [0.25, 0.3) is 0 Å².